The topological polar surface area (TPSA) is 44.1 Å². The smallest absolute Gasteiger partial charge is 0.315 e. The number of halogens is 3. The van der Waals surface area contributed by atoms with E-state index in [9.17, 15) is 18.0 Å². The van der Waals surface area contributed by atoms with Crippen LogP contribution >= 0.6 is 0 Å². The predicted octanol–water partition coefficient (Wildman–Crippen LogP) is 2.86. The molecule has 0 heterocycles. The highest BCUT2D eigenvalue weighted by Crippen LogP contribution is 2.23. The van der Waals surface area contributed by atoms with Gasteiger partial charge in [-0.1, -0.05) is 0 Å². The summed E-state index contributed by atoms with van der Waals surface area (Å²) in [4.78, 5) is 12.7. The average Bonchev–Trinajstić information content (AvgIpc) is 2.34. The third-order valence-electron chi connectivity index (χ3n) is 2.38. The standard InChI is InChI=1S/C12H11F3N2O/c1-17(11(18)6-7-12(13,14)15)10-4-2-9(8-16)3-5-10/h2-5H,6-7H2,1H3. The number of carbonyl (C=O) groups excluding carboxylic acids is 1. The van der Waals surface area contributed by atoms with E-state index in [-0.39, 0.29) is 0 Å². The summed E-state index contributed by atoms with van der Waals surface area (Å²) in [7, 11) is 1.40. The molecule has 96 valence electrons. The summed E-state index contributed by atoms with van der Waals surface area (Å²) < 4.78 is 35.9. The van der Waals surface area contributed by atoms with Crippen LogP contribution in [0, 0.1) is 11.3 Å². The number of nitrogens with zero attached hydrogens (tertiary/aromatic N) is 2. The molecule has 0 aromatic heterocycles. The SMILES string of the molecule is CN(C(=O)CCC(F)(F)F)c1ccc(C#N)cc1. The lowest BCUT2D eigenvalue weighted by Gasteiger charge is -2.17. The van der Waals surface area contributed by atoms with E-state index in [0.717, 1.165) is 4.90 Å². The molecule has 1 rings (SSSR count). The fourth-order valence-corrected chi connectivity index (χ4v) is 1.32. The number of alkyl halides is 3. The Morgan fingerprint density at radius 2 is 1.89 bits per heavy atom. The second-order valence-corrected chi connectivity index (χ2v) is 3.73. The fourth-order valence-electron chi connectivity index (χ4n) is 1.32. The molecule has 0 aliphatic rings. The number of carbonyl (C=O) groups is 1. The summed E-state index contributed by atoms with van der Waals surface area (Å²) in [5.41, 5.74) is 0.885. The predicted molar refractivity (Wildman–Crippen MR) is 59.9 cm³/mol. The van der Waals surface area contributed by atoms with Crippen molar-refractivity contribution in [3.63, 3.8) is 0 Å². The van der Waals surface area contributed by atoms with Crippen LogP contribution in [0.15, 0.2) is 24.3 Å². The third-order valence-corrected chi connectivity index (χ3v) is 2.38. The van der Waals surface area contributed by atoms with Gasteiger partial charge in [0.15, 0.2) is 0 Å². The Labute approximate surface area is 102 Å². The van der Waals surface area contributed by atoms with Crippen molar-refractivity contribution in [2.24, 2.45) is 0 Å². The van der Waals surface area contributed by atoms with Gasteiger partial charge in [0, 0.05) is 19.2 Å². The third kappa shape index (κ3) is 4.09. The van der Waals surface area contributed by atoms with Crippen LogP contribution in [0.5, 0.6) is 0 Å². The number of anilines is 1. The highest BCUT2D eigenvalue weighted by atomic mass is 19.4. The molecule has 0 saturated heterocycles. The molecular weight excluding hydrogens is 245 g/mol. The summed E-state index contributed by atoms with van der Waals surface area (Å²) in [6.45, 7) is 0. The van der Waals surface area contributed by atoms with Gasteiger partial charge in [-0.05, 0) is 24.3 Å². The van der Waals surface area contributed by atoms with Crippen molar-refractivity contribution in [1.82, 2.24) is 0 Å². The minimum absolute atomic E-state index is 0.426. The van der Waals surface area contributed by atoms with Gasteiger partial charge < -0.3 is 4.90 Å². The summed E-state index contributed by atoms with van der Waals surface area (Å²) in [5.74, 6) is -0.614. The van der Waals surface area contributed by atoms with Crippen LogP contribution in [-0.4, -0.2) is 19.1 Å². The van der Waals surface area contributed by atoms with Crippen molar-refractivity contribution >= 4 is 11.6 Å². The molecule has 0 fully saturated rings. The van der Waals surface area contributed by atoms with Crippen molar-refractivity contribution < 1.29 is 18.0 Å². The van der Waals surface area contributed by atoms with Gasteiger partial charge in [0.2, 0.25) is 5.91 Å². The van der Waals surface area contributed by atoms with Gasteiger partial charge in [-0.25, -0.2) is 0 Å². The van der Waals surface area contributed by atoms with Crippen molar-refractivity contribution in [2.75, 3.05) is 11.9 Å². The normalized spacial score (nSPS) is 10.8. The Kier molecular flexibility index (Phi) is 4.32. The van der Waals surface area contributed by atoms with Gasteiger partial charge in [-0.2, -0.15) is 18.4 Å². The highest BCUT2D eigenvalue weighted by Gasteiger charge is 2.28. The van der Waals surface area contributed by atoms with Crippen molar-refractivity contribution in [2.45, 2.75) is 19.0 Å². The Balaban J connectivity index is 2.66. The van der Waals surface area contributed by atoms with Gasteiger partial charge in [0.05, 0.1) is 18.1 Å². The number of amides is 1. The number of rotatable bonds is 3. The minimum Gasteiger partial charge on any atom is -0.315 e. The first-order chi connectivity index (χ1) is 8.33. The van der Waals surface area contributed by atoms with E-state index in [4.69, 9.17) is 5.26 Å². The second kappa shape index (κ2) is 5.54. The Bertz CT molecular complexity index is 460. The molecule has 0 unspecified atom stereocenters. The van der Waals surface area contributed by atoms with Crippen molar-refractivity contribution in [1.29, 1.82) is 5.26 Å². The molecule has 1 amide bonds. The van der Waals surface area contributed by atoms with Crippen LogP contribution in [0.4, 0.5) is 18.9 Å². The maximum atomic E-state index is 12.0. The summed E-state index contributed by atoms with van der Waals surface area (Å²) in [6.07, 6.45) is -6.05. The van der Waals surface area contributed by atoms with Gasteiger partial charge in [0.25, 0.3) is 0 Å². The lowest BCUT2D eigenvalue weighted by Crippen LogP contribution is -2.27. The zero-order valence-corrected chi connectivity index (χ0v) is 9.66. The van der Waals surface area contributed by atoms with E-state index in [2.05, 4.69) is 0 Å². The molecule has 0 aliphatic heterocycles. The molecule has 1 aromatic carbocycles. The summed E-state index contributed by atoms with van der Waals surface area (Å²) >= 11 is 0. The van der Waals surface area contributed by atoms with Crippen LogP contribution in [0.2, 0.25) is 0 Å². The first kappa shape index (κ1) is 14.0. The monoisotopic (exact) mass is 256 g/mol. The van der Waals surface area contributed by atoms with Gasteiger partial charge in [-0.3, -0.25) is 4.79 Å². The lowest BCUT2D eigenvalue weighted by atomic mass is 10.2. The van der Waals surface area contributed by atoms with Crippen LogP contribution in [0.1, 0.15) is 18.4 Å². The molecule has 0 atom stereocenters. The summed E-state index contributed by atoms with van der Waals surface area (Å²) in [5, 5.41) is 8.59. The fraction of sp³-hybridized carbons (Fsp3) is 0.333. The molecule has 1 aromatic rings. The van der Waals surface area contributed by atoms with E-state index in [0.29, 0.717) is 11.3 Å². The molecule has 3 nitrogen and oxygen atoms in total. The number of hydrogen-bond donors (Lipinski definition) is 0. The lowest BCUT2D eigenvalue weighted by molar-refractivity contribution is -0.142. The van der Waals surface area contributed by atoms with Crippen LogP contribution in [0.25, 0.3) is 0 Å². The number of hydrogen-bond acceptors (Lipinski definition) is 2. The van der Waals surface area contributed by atoms with Gasteiger partial charge in [-0.15, -0.1) is 0 Å². The van der Waals surface area contributed by atoms with Crippen LogP contribution in [-0.2, 0) is 4.79 Å². The molecule has 18 heavy (non-hydrogen) atoms. The Hall–Kier alpha value is -2.03. The molecule has 0 spiro atoms. The minimum atomic E-state index is -4.33. The van der Waals surface area contributed by atoms with Crippen LogP contribution < -0.4 is 4.90 Å². The van der Waals surface area contributed by atoms with E-state index in [1.165, 1.54) is 31.3 Å². The van der Waals surface area contributed by atoms with E-state index in [1.54, 1.807) is 0 Å². The molecule has 0 bridgehead atoms. The maximum absolute atomic E-state index is 12.0. The maximum Gasteiger partial charge on any atom is 0.389 e. The van der Waals surface area contributed by atoms with Gasteiger partial charge in [0.1, 0.15) is 0 Å². The Morgan fingerprint density at radius 1 is 1.33 bits per heavy atom. The van der Waals surface area contributed by atoms with Crippen molar-refractivity contribution in [3.8, 4) is 6.07 Å². The van der Waals surface area contributed by atoms with Gasteiger partial charge >= 0.3 is 6.18 Å². The second-order valence-electron chi connectivity index (χ2n) is 3.73. The first-order valence-electron chi connectivity index (χ1n) is 5.17. The quantitative estimate of drug-likeness (QED) is 0.834. The van der Waals surface area contributed by atoms with Crippen LogP contribution in [0.3, 0.4) is 0 Å². The average molecular weight is 256 g/mol. The highest BCUT2D eigenvalue weighted by molar-refractivity contribution is 5.92. The first-order valence-corrected chi connectivity index (χ1v) is 5.17. The molecule has 0 aliphatic carbocycles. The number of nitriles is 1. The zero-order chi connectivity index (χ0) is 13.8. The van der Waals surface area contributed by atoms with E-state index < -0.39 is 24.9 Å². The molecule has 0 saturated carbocycles. The molecular formula is C12H11F3N2O. The molecule has 6 heteroatoms. The largest absolute Gasteiger partial charge is 0.389 e. The zero-order valence-electron chi connectivity index (χ0n) is 9.66. The van der Waals surface area contributed by atoms with E-state index >= 15 is 0 Å². The van der Waals surface area contributed by atoms with Crippen molar-refractivity contribution in [3.05, 3.63) is 29.8 Å². The Morgan fingerprint density at radius 3 is 2.33 bits per heavy atom. The molecule has 0 N–H and O–H groups in total. The summed E-state index contributed by atoms with van der Waals surface area (Å²) in [6, 6.07) is 7.96. The number of benzene rings is 1. The van der Waals surface area contributed by atoms with E-state index in [1.807, 2.05) is 6.07 Å². The molecule has 0 radical (unpaired) electrons.